The first kappa shape index (κ1) is 17.3. The van der Waals surface area contributed by atoms with E-state index in [1.165, 1.54) is 17.3 Å². The minimum atomic E-state index is 0.606. The summed E-state index contributed by atoms with van der Waals surface area (Å²) in [5.41, 5.74) is 5.51. The number of hydrogen-bond acceptors (Lipinski definition) is 7. The lowest BCUT2D eigenvalue weighted by Gasteiger charge is -2.06. The second kappa shape index (κ2) is 6.65. The van der Waals surface area contributed by atoms with Crippen molar-refractivity contribution in [3.63, 3.8) is 0 Å². The second-order valence-corrected chi connectivity index (χ2v) is 8.45. The third-order valence-corrected chi connectivity index (χ3v) is 6.39. The van der Waals surface area contributed by atoms with E-state index in [-0.39, 0.29) is 0 Å². The van der Waals surface area contributed by atoms with Crippen molar-refractivity contribution in [2.24, 2.45) is 0 Å². The molecule has 0 fully saturated rings. The fourth-order valence-corrected chi connectivity index (χ4v) is 5.18. The van der Waals surface area contributed by atoms with Crippen LogP contribution in [0.25, 0.3) is 27.1 Å². The zero-order chi connectivity index (χ0) is 19.3. The van der Waals surface area contributed by atoms with E-state index in [2.05, 4.69) is 61.7 Å². The predicted octanol–water partition coefficient (Wildman–Crippen LogP) is 4.87. The molecule has 0 aliphatic rings. The van der Waals surface area contributed by atoms with Gasteiger partial charge < -0.3 is 0 Å². The van der Waals surface area contributed by atoms with Crippen LogP contribution in [0.1, 0.15) is 17.0 Å². The molecule has 0 unspecified atom stereocenters. The summed E-state index contributed by atoms with van der Waals surface area (Å²) in [6.07, 6.45) is 1.61. The molecule has 0 spiro atoms. The number of fused-ring (bicyclic) bond motifs is 2. The quantitative estimate of drug-likeness (QED) is 0.400. The molecule has 8 heteroatoms. The molecular weight excluding hydrogens is 388 g/mol. The Morgan fingerprint density at radius 2 is 1.82 bits per heavy atom. The highest BCUT2D eigenvalue weighted by molar-refractivity contribution is 7.99. The molecule has 0 saturated heterocycles. The molecule has 0 N–H and O–H groups in total. The molecule has 138 valence electrons. The molecule has 1 aromatic carbocycles. The number of nitrogens with zero attached hydrogens (tertiary/aromatic N) is 6. The molecule has 6 nitrogen and oxygen atoms in total. The normalized spacial score (nSPS) is 11.5. The van der Waals surface area contributed by atoms with E-state index in [4.69, 9.17) is 0 Å². The molecule has 4 heterocycles. The summed E-state index contributed by atoms with van der Waals surface area (Å²) in [6.45, 7) is 6.09. The van der Waals surface area contributed by atoms with E-state index < -0.39 is 0 Å². The Morgan fingerprint density at radius 1 is 1.00 bits per heavy atom. The summed E-state index contributed by atoms with van der Waals surface area (Å²) < 4.78 is 1.96. The van der Waals surface area contributed by atoms with Gasteiger partial charge in [-0.25, -0.2) is 15.0 Å². The van der Waals surface area contributed by atoms with Crippen molar-refractivity contribution in [1.29, 1.82) is 0 Å². The molecule has 0 saturated carbocycles. The Labute approximate surface area is 169 Å². The van der Waals surface area contributed by atoms with Crippen LogP contribution in [0.3, 0.4) is 0 Å². The smallest absolute Gasteiger partial charge is 0.256 e. The van der Waals surface area contributed by atoms with Gasteiger partial charge in [0.15, 0.2) is 0 Å². The lowest BCUT2D eigenvalue weighted by atomic mass is 10.1. The highest BCUT2D eigenvalue weighted by atomic mass is 32.2. The van der Waals surface area contributed by atoms with Crippen LogP contribution in [0.5, 0.6) is 0 Å². The SMILES string of the molecule is Cc1ccc(-c2csc3ncnc(Sc4nnc5nc(C)cc(C)n45)c23)cc1. The maximum atomic E-state index is 4.57. The van der Waals surface area contributed by atoms with Gasteiger partial charge in [0, 0.05) is 22.3 Å². The molecule has 4 aromatic heterocycles. The average Bonchev–Trinajstić information content (AvgIpc) is 3.27. The molecule has 5 rings (SSSR count). The zero-order valence-electron chi connectivity index (χ0n) is 15.5. The molecule has 0 radical (unpaired) electrons. The third kappa shape index (κ3) is 2.85. The van der Waals surface area contributed by atoms with Gasteiger partial charge in [-0.1, -0.05) is 29.8 Å². The van der Waals surface area contributed by atoms with Gasteiger partial charge in [-0.05, 0) is 44.2 Å². The summed E-state index contributed by atoms with van der Waals surface area (Å²) in [7, 11) is 0. The van der Waals surface area contributed by atoms with Gasteiger partial charge in [-0.15, -0.1) is 21.5 Å². The number of hydrogen-bond donors (Lipinski definition) is 0. The van der Waals surface area contributed by atoms with E-state index in [9.17, 15) is 0 Å². The molecule has 0 aliphatic carbocycles. The van der Waals surface area contributed by atoms with Gasteiger partial charge >= 0.3 is 0 Å². The van der Waals surface area contributed by atoms with Crippen molar-refractivity contribution < 1.29 is 0 Å². The third-order valence-electron chi connectivity index (χ3n) is 4.55. The summed E-state index contributed by atoms with van der Waals surface area (Å²) in [5, 5.41) is 13.4. The Hall–Kier alpha value is -2.84. The van der Waals surface area contributed by atoms with Gasteiger partial charge in [-0.2, -0.15) is 0 Å². The maximum absolute atomic E-state index is 4.57. The average molecular weight is 405 g/mol. The lowest BCUT2D eigenvalue weighted by molar-refractivity contribution is 0.884. The van der Waals surface area contributed by atoms with Gasteiger partial charge in [0.05, 0.1) is 5.39 Å². The second-order valence-electron chi connectivity index (χ2n) is 6.63. The van der Waals surface area contributed by atoms with Crippen LogP contribution in [0.15, 0.2) is 52.2 Å². The first-order chi connectivity index (χ1) is 13.6. The lowest BCUT2D eigenvalue weighted by Crippen LogP contribution is -1.98. The molecule has 0 aliphatic heterocycles. The Balaban J connectivity index is 1.66. The summed E-state index contributed by atoms with van der Waals surface area (Å²) in [5.74, 6) is 0.606. The summed E-state index contributed by atoms with van der Waals surface area (Å²) in [6, 6.07) is 10.6. The number of rotatable bonds is 3. The van der Waals surface area contributed by atoms with Crippen LogP contribution < -0.4 is 0 Å². The number of thiophene rings is 1. The Bertz CT molecular complexity index is 1320. The first-order valence-electron chi connectivity index (χ1n) is 8.76. The monoisotopic (exact) mass is 404 g/mol. The van der Waals surface area contributed by atoms with Crippen LogP contribution in [-0.4, -0.2) is 29.5 Å². The van der Waals surface area contributed by atoms with E-state index in [0.717, 1.165) is 42.9 Å². The van der Waals surface area contributed by atoms with Gasteiger partial charge in [-0.3, -0.25) is 4.40 Å². The minimum Gasteiger partial charge on any atom is -0.258 e. The standard InChI is InChI=1S/C20H16N6S2/c1-11-4-6-14(7-5-11)15-9-27-17-16(15)18(22-10-21-17)28-20-25-24-19-23-12(2)8-13(3)26(19)20/h4-10H,1-3H3. The topological polar surface area (TPSA) is 68.9 Å². The molecule has 28 heavy (non-hydrogen) atoms. The number of aromatic nitrogens is 6. The maximum Gasteiger partial charge on any atom is 0.256 e. The van der Waals surface area contributed by atoms with Crippen LogP contribution in [0, 0.1) is 20.8 Å². The Kier molecular flexibility index (Phi) is 4.10. The first-order valence-corrected chi connectivity index (χ1v) is 10.5. The van der Waals surface area contributed by atoms with E-state index >= 15 is 0 Å². The van der Waals surface area contributed by atoms with Crippen molar-refractivity contribution in [3.8, 4) is 11.1 Å². The number of benzene rings is 1. The minimum absolute atomic E-state index is 0.606. The van der Waals surface area contributed by atoms with Crippen molar-refractivity contribution >= 4 is 39.1 Å². The van der Waals surface area contributed by atoms with Crippen LogP contribution in [0.2, 0.25) is 0 Å². The van der Waals surface area contributed by atoms with Crippen molar-refractivity contribution in [2.45, 2.75) is 31.0 Å². The van der Waals surface area contributed by atoms with E-state index in [0.29, 0.717) is 5.78 Å². The largest absolute Gasteiger partial charge is 0.258 e. The highest BCUT2D eigenvalue weighted by Crippen LogP contribution is 2.39. The van der Waals surface area contributed by atoms with Gasteiger partial charge in [0.25, 0.3) is 5.78 Å². The molecular formula is C20H16N6S2. The van der Waals surface area contributed by atoms with Crippen molar-refractivity contribution in [3.05, 3.63) is 59.0 Å². The fraction of sp³-hybridized carbons (Fsp3) is 0.150. The summed E-state index contributed by atoms with van der Waals surface area (Å²) in [4.78, 5) is 14.5. The van der Waals surface area contributed by atoms with Crippen LogP contribution in [-0.2, 0) is 0 Å². The van der Waals surface area contributed by atoms with Crippen molar-refractivity contribution in [2.75, 3.05) is 0 Å². The van der Waals surface area contributed by atoms with Gasteiger partial charge in [0.2, 0.25) is 5.16 Å². The molecule has 0 atom stereocenters. The van der Waals surface area contributed by atoms with E-state index in [1.54, 1.807) is 17.7 Å². The van der Waals surface area contributed by atoms with Gasteiger partial charge in [0.1, 0.15) is 16.2 Å². The molecule has 5 aromatic rings. The number of aryl methyl sites for hydroxylation is 3. The van der Waals surface area contributed by atoms with Crippen LogP contribution >= 0.6 is 23.1 Å². The predicted molar refractivity (Wildman–Crippen MR) is 112 cm³/mol. The molecule has 0 amide bonds. The fourth-order valence-electron chi connectivity index (χ4n) is 3.22. The van der Waals surface area contributed by atoms with Crippen LogP contribution in [0.4, 0.5) is 0 Å². The van der Waals surface area contributed by atoms with E-state index in [1.807, 2.05) is 24.3 Å². The summed E-state index contributed by atoms with van der Waals surface area (Å²) >= 11 is 3.12. The van der Waals surface area contributed by atoms with Crippen molar-refractivity contribution in [1.82, 2.24) is 29.5 Å². The highest BCUT2D eigenvalue weighted by Gasteiger charge is 2.17. The molecule has 0 bridgehead atoms. The Morgan fingerprint density at radius 3 is 2.64 bits per heavy atom. The zero-order valence-corrected chi connectivity index (χ0v) is 17.2.